The Bertz CT molecular complexity index is 1330. The summed E-state index contributed by atoms with van der Waals surface area (Å²) in [4.78, 5) is 43.3. The molecule has 2 amide bonds. The second-order valence-corrected chi connectivity index (χ2v) is 10.4. The molecule has 1 saturated carbocycles. The summed E-state index contributed by atoms with van der Waals surface area (Å²) in [6.07, 6.45) is 5.34. The van der Waals surface area contributed by atoms with Gasteiger partial charge in [0, 0.05) is 36.8 Å². The molecule has 1 fully saturated rings. The molecule has 196 valence electrons. The first-order valence-electron chi connectivity index (χ1n) is 13.4. The zero-order chi connectivity index (χ0) is 26.6. The number of rotatable bonds is 6. The van der Waals surface area contributed by atoms with Gasteiger partial charge in [0.15, 0.2) is 0 Å². The molecule has 0 spiro atoms. The fourth-order valence-electron chi connectivity index (χ4n) is 5.81. The summed E-state index contributed by atoms with van der Waals surface area (Å²) in [5, 5.41) is 11.6. The lowest BCUT2D eigenvalue weighted by atomic mass is 9.91. The van der Waals surface area contributed by atoms with Gasteiger partial charge in [-0.25, -0.2) is 0 Å². The van der Waals surface area contributed by atoms with Crippen LogP contribution in [0.3, 0.4) is 0 Å². The summed E-state index contributed by atoms with van der Waals surface area (Å²) < 4.78 is 0. The summed E-state index contributed by atoms with van der Waals surface area (Å²) in [6, 6.07) is 20.8. The molecule has 0 radical (unpaired) electrons. The van der Waals surface area contributed by atoms with Gasteiger partial charge in [0.1, 0.15) is 6.04 Å². The van der Waals surface area contributed by atoms with Crippen molar-refractivity contribution >= 4 is 17.5 Å². The lowest BCUT2D eigenvalue weighted by Crippen LogP contribution is -2.51. The molecule has 3 aromatic carbocycles. The highest BCUT2D eigenvalue weighted by atomic mass is 16.6. The molecule has 1 aliphatic heterocycles. The summed E-state index contributed by atoms with van der Waals surface area (Å²) in [7, 11) is 0. The number of amides is 2. The molecule has 0 bridgehead atoms. The Kier molecular flexibility index (Phi) is 7.65. The fraction of sp³-hybridized carbons (Fsp3) is 0.355. The number of non-ortho nitro benzene ring substituents is 1. The molecule has 2 aliphatic rings. The molecule has 0 N–H and O–H groups in total. The first kappa shape index (κ1) is 25.8. The highest BCUT2D eigenvalue weighted by Gasteiger charge is 2.40. The van der Waals surface area contributed by atoms with Crippen molar-refractivity contribution in [1.29, 1.82) is 0 Å². The van der Waals surface area contributed by atoms with Crippen LogP contribution in [0, 0.1) is 17.0 Å². The lowest BCUT2D eigenvalue weighted by molar-refractivity contribution is -0.384. The SMILES string of the molecule is Cc1ccc(C(=O)N(C(=O)C(c2cccc([N+](=O)[O-])c2)N2CCc3ccccc3C2)C2CCCCC2)cc1. The van der Waals surface area contributed by atoms with Crippen molar-refractivity contribution in [1.82, 2.24) is 9.80 Å². The molecule has 1 atom stereocenters. The molecule has 0 aromatic heterocycles. The van der Waals surface area contributed by atoms with E-state index in [1.807, 2.05) is 31.2 Å². The van der Waals surface area contributed by atoms with E-state index in [1.165, 1.54) is 22.6 Å². The molecule has 5 rings (SSSR count). The van der Waals surface area contributed by atoms with Gasteiger partial charge in [-0.3, -0.25) is 29.5 Å². The third-order valence-electron chi connectivity index (χ3n) is 7.85. The topological polar surface area (TPSA) is 83.8 Å². The monoisotopic (exact) mass is 511 g/mol. The minimum Gasteiger partial charge on any atom is -0.284 e. The van der Waals surface area contributed by atoms with Crippen molar-refractivity contribution in [2.75, 3.05) is 6.54 Å². The molecule has 38 heavy (non-hydrogen) atoms. The van der Waals surface area contributed by atoms with Crippen LogP contribution in [0.5, 0.6) is 0 Å². The van der Waals surface area contributed by atoms with Crippen LogP contribution in [-0.4, -0.2) is 39.1 Å². The van der Waals surface area contributed by atoms with Crippen LogP contribution in [0.4, 0.5) is 5.69 Å². The largest absolute Gasteiger partial charge is 0.284 e. The number of carbonyl (C=O) groups excluding carboxylic acids is 2. The van der Waals surface area contributed by atoms with Crippen LogP contribution in [0.15, 0.2) is 72.8 Å². The van der Waals surface area contributed by atoms with Gasteiger partial charge in [-0.15, -0.1) is 0 Å². The first-order chi connectivity index (χ1) is 18.4. The van der Waals surface area contributed by atoms with Gasteiger partial charge in [0.2, 0.25) is 0 Å². The zero-order valence-electron chi connectivity index (χ0n) is 21.7. The number of imide groups is 1. The van der Waals surface area contributed by atoms with E-state index in [2.05, 4.69) is 17.0 Å². The maximum atomic E-state index is 14.6. The van der Waals surface area contributed by atoms with Crippen molar-refractivity contribution in [3.8, 4) is 0 Å². The molecule has 1 aliphatic carbocycles. The Morgan fingerprint density at radius 2 is 1.66 bits per heavy atom. The number of carbonyl (C=O) groups is 2. The standard InChI is InChI=1S/C31H33N3O4/c1-22-14-16-24(17-15-22)30(35)33(27-11-3-2-4-12-27)31(36)29(25-10-7-13-28(20-25)34(37)38)32-19-18-23-8-5-6-9-26(23)21-32/h5-10,13-17,20,27,29H,2-4,11-12,18-19,21H2,1H3. The summed E-state index contributed by atoms with van der Waals surface area (Å²) in [6.45, 7) is 3.12. The third kappa shape index (κ3) is 5.38. The average Bonchev–Trinajstić information content (AvgIpc) is 2.94. The van der Waals surface area contributed by atoms with Gasteiger partial charge in [-0.1, -0.05) is 73.4 Å². The van der Waals surface area contributed by atoms with E-state index in [4.69, 9.17) is 0 Å². The number of hydrogen-bond acceptors (Lipinski definition) is 5. The smallest absolute Gasteiger partial charge is 0.269 e. The quantitative estimate of drug-likeness (QED) is 0.299. The summed E-state index contributed by atoms with van der Waals surface area (Å²) in [5.74, 6) is -0.600. The van der Waals surface area contributed by atoms with E-state index in [1.54, 1.807) is 24.3 Å². The predicted molar refractivity (Wildman–Crippen MR) is 146 cm³/mol. The Hall–Kier alpha value is -3.84. The number of aryl methyl sites for hydroxylation is 1. The number of nitrogens with zero attached hydrogens (tertiary/aromatic N) is 3. The van der Waals surface area contributed by atoms with E-state index in [0.717, 1.165) is 49.7 Å². The van der Waals surface area contributed by atoms with Crippen molar-refractivity contribution in [2.45, 2.75) is 64.1 Å². The summed E-state index contributed by atoms with van der Waals surface area (Å²) in [5.41, 5.74) is 4.38. The van der Waals surface area contributed by atoms with Crippen LogP contribution in [-0.2, 0) is 17.8 Å². The van der Waals surface area contributed by atoms with Gasteiger partial charge in [0.25, 0.3) is 17.5 Å². The van der Waals surface area contributed by atoms with Crippen LogP contribution in [0.2, 0.25) is 0 Å². The van der Waals surface area contributed by atoms with Crippen molar-refractivity contribution in [2.24, 2.45) is 0 Å². The Morgan fingerprint density at radius 1 is 0.947 bits per heavy atom. The van der Waals surface area contributed by atoms with Gasteiger partial charge in [0.05, 0.1) is 4.92 Å². The van der Waals surface area contributed by atoms with Gasteiger partial charge >= 0.3 is 0 Å². The normalized spacial score (nSPS) is 16.9. The van der Waals surface area contributed by atoms with E-state index in [9.17, 15) is 19.7 Å². The van der Waals surface area contributed by atoms with Crippen LogP contribution >= 0.6 is 0 Å². The average molecular weight is 512 g/mol. The van der Waals surface area contributed by atoms with Gasteiger partial charge in [-0.05, 0) is 55.0 Å². The molecule has 3 aromatic rings. The second-order valence-electron chi connectivity index (χ2n) is 10.4. The zero-order valence-corrected chi connectivity index (χ0v) is 21.7. The highest BCUT2D eigenvalue weighted by molar-refractivity contribution is 6.06. The Morgan fingerprint density at radius 3 is 2.37 bits per heavy atom. The fourth-order valence-corrected chi connectivity index (χ4v) is 5.81. The van der Waals surface area contributed by atoms with E-state index in [0.29, 0.717) is 24.2 Å². The number of nitro benzene ring substituents is 1. The highest BCUT2D eigenvalue weighted by Crippen LogP contribution is 2.34. The number of fused-ring (bicyclic) bond motifs is 1. The minimum atomic E-state index is -0.806. The van der Waals surface area contributed by atoms with Crippen molar-refractivity contribution in [3.05, 3.63) is 111 Å². The van der Waals surface area contributed by atoms with Gasteiger partial charge < -0.3 is 0 Å². The first-order valence-corrected chi connectivity index (χ1v) is 13.4. The number of nitro groups is 1. The summed E-state index contributed by atoms with van der Waals surface area (Å²) >= 11 is 0. The van der Waals surface area contributed by atoms with Crippen LogP contribution in [0.25, 0.3) is 0 Å². The van der Waals surface area contributed by atoms with Crippen LogP contribution in [0.1, 0.15) is 70.8 Å². The van der Waals surface area contributed by atoms with Gasteiger partial charge in [-0.2, -0.15) is 0 Å². The van der Waals surface area contributed by atoms with Crippen molar-refractivity contribution < 1.29 is 14.5 Å². The minimum absolute atomic E-state index is 0.0632. The second kappa shape index (κ2) is 11.3. The third-order valence-corrected chi connectivity index (χ3v) is 7.85. The molecular weight excluding hydrogens is 478 g/mol. The molecule has 7 nitrogen and oxygen atoms in total. The number of benzene rings is 3. The maximum absolute atomic E-state index is 14.6. The lowest BCUT2D eigenvalue weighted by Gasteiger charge is -2.40. The van der Waals surface area contributed by atoms with Crippen molar-refractivity contribution in [3.63, 3.8) is 0 Å². The molecule has 7 heteroatoms. The molecular formula is C31H33N3O4. The molecule has 1 unspecified atom stereocenters. The van der Waals surface area contributed by atoms with E-state index in [-0.39, 0.29) is 23.5 Å². The number of hydrogen-bond donors (Lipinski definition) is 0. The van der Waals surface area contributed by atoms with E-state index >= 15 is 0 Å². The molecule has 1 heterocycles. The molecule has 0 saturated heterocycles. The predicted octanol–water partition coefficient (Wildman–Crippen LogP) is 6.00. The van der Waals surface area contributed by atoms with Crippen LogP contribution < -0.4 is 0 Å². The Labute approximate surface area is 223 Å². The van der Waals surface area contributed by atoms with E-state index < -0.39 is 11.0 Å². The maximum Gasteiger partial charge on any atom is 0.269 e. The Balaban J connectivity index is 1.57.